The third kappa shape index (κ3) is 2.64. The number of phenols is 1. The van der Waals surface area contributed by atoms with E-state index < -0.39 is 34.3 Å². The average molecular weight is 294 g/mol. The Bertz CT molecular complexity index is 600. The number of methoxy groups -OCH3 is 1. The lowest BCUT2D eigenvalue weighted by molar-refractivity contribution is -0.385. The monoisotopic (exact) mass is 294 g/mol. The van der Waals surface area contributed by atoms with Crippen LogP contribution in [-0.4, -0.2) is 46.5 Å². The van der Waals surface area contributed by atoms with E-state index in [1.165, 1.54) is 24.1 Å². The molecule has 1 aromatic carbocycles. The van der Waals surface area contributed by atoms with Crippen molar-refractivity contribution in [3.05, 3.63) is 33.9 Å². The third-order valence-corrected chi connectivity index (χ3v) is 3.43. The van der Waals surface area contributed by atoms with Crippen LogP contribution in [0.3, 0.4) is 0 Å². The van der Waals surface area contributed by atoms with Gasteiger partial charge in [-0.2, -0.15) is 0 Å². The Labute approximate surface area is 120 Å². The highest BCUT2D eigenvalue weighted by Gasteiger charge is 2.37. The van der Waals surface area contributed by atoms with Gasteiger partial charge in [-0.25, -0.2) is 4.79 Å². The minimum absolute atomic E-state index is 0.194. The van der Waals surface area contributed by atoms with Crippen molar-refractivity contribution >= 4 is 17.6 Å². The lowest BCUT2D eigenvalue weighted by atomic mass is 10.1. The number of para-hydroxylation sites is 1. The Hall–Kier alpha value is -2.64. The number of amides is 1. The van der Waals surface area contributed by atoms with Gasteiger partial charge in [0.05, 0.1) is 17.6 Å². The third-order valence-electron chi connectivity index (χ3n) is 3.43. The van der Waals surface area contributed by atoms with Gasteiger partial charge in [0.2, 0.25) is 5.75 Å². The number of ether oxygens (including phenoxy) is 1. The van der Waals surface area contributed by atoms with Crippen LogP contribution < -0.4 is 0 Å². The van der Waals surface area contributed by atoms with E-state index in [9.17, 15) is 24.8 Å². The maximum Gasteiger partial charge on any atom is 0.328 e. The van der Waals surface area contributed by atoms with E-state index in [0.717, 1.165) is 6.07 Å². The Morgan fingerprint density at radius 1 is 1.48 bits per heavy atom. The number of phenolic OH excluding ortho intramolecular Hbond substituents is 1. The van der Waals surface area contributed by atoms with Crippen LogP contribution in [0.1, 0.15) is 23.2 Å². The highest BCUT2D eigenvalue weighted by Crippen LogP contribution is 2.32. The summed E-state index contributed by atoms with van der Waals surface area (Å²) in [5.41, 5.74) is -0.741. The van der Waals surface area contributed by atoms with Gasteiger partial charge < -0.3 is 14.7 Å². The quantitative estimate of drug-likeness (QED) is 0.507. The van der Waals surface area contributed by atoms with E-state index in [4.69, 9.17) is 0 Å². The standard InChI is InChI=1S/C13H14N2O6/c1-21-13(18)10-6-3-7-14(10)12(17)8-4-2-5-9(11(8)16)15(19)20/h2,4-5,10,16H,3,6-7H2,1H3/t10-/m1/s1. The summed E-state index contributed by atoms with van der Waals surface area (Å²) in [7, 11) is 1.23. The van der Waals surface area contributed by atoms with Gasteiger partial charge in [0, 0.05) is 12.6 Å². The van der Waals surface area contributed by atoms with Crippen LogP contribution in [-0.2, 0) is 9.53 Å². The summed E-state index contributed by atoms with van der Waals surface area (Å²) in [6.07, 6.45) is 1.09. The van der Waals surface area contributed by atoms with Gasteiger partial charge in [-0.15, -0.1) is 0 Å². The van der Waals surface area contributed by atoms with Crippen LogP contribution in [0.15, 0.2) is 18.2 Å². The van der Waals surface area contributed by atoms with Gasteiger partial charge in [-0.05, 0) is 18.9 Å². The van der Waals surface area contributed by atoms with Crippen molar-refractivity contribution in [1.29, 1.82) is 0 Å². The van der Waals surface area contributed by atoms with E-state index in [1.54, 1.807) is 0 Å². The molecule has 0 radical (unpaired) electrons. The Kier molecular flexibility index (Phi) is 4.06. The number of aromatic hydroxyl groups is 1. The number of rotatable bonds is 3. The number of nitrogens with zero attached hydrogens (tertiary/aromatic N) is 2. The van der Waals surface area contributed by atoms with Crippen LogP contribution >= 0.6 is 0 Å². The molecule has 1 N–H and O–H groups in total. The van der Waals surface area contributed by atoms with Crippen molar-refractivity contribution in [1.82, 2.24) is 4.90 Å². The van der Waals surface area contributed by atoms with Gasteiger partial charge in [0.25, 0.3) is 5.91 Å². The molecule has 2 rings (SSSR count). The summed E-state index contributed by atoms with van der Waals surface area (Å²) in [6, 6.07) is 2.99. The van der Waals surface area contributed by atoms with Crippen molar-refractivity contribution in [3.8, 4) is 5.75 Å². The molecule has 112 valence electrons. The summed E-state index contributed by atoms with van der Waals surface area (Å²) in [6.45, 7) is 0.334. The normalized spacial score (nSPS) is 17.6. The molecular weight excluding hydrogens is 280 g/mol. The molecule has 0 saturated carbocycles. The zero-order valence-corrected chi connectivity index (χ0v) is 11.3. The summed E-state index contributed by atoms with van der Waals surface area (Å²) in [5.74, 6) is -1.85. The maximum atomic E-state index is 12.4. The summed E-state index contributed by atoms with van der Waals surface area (Å²) >= 11 is 0. The minimum Gasteiger partial charge on any atom is -0.502 e. The second kappa shape index (κ2) is 5.78. The molecule has 1 heterocycles. The Morgan fingerprint density at radius 3 is 2.81 bits per heavy atom. The molecule has 0 bridgehead atoms. The number of esters is 1. The molecule has 1 aliphatic rings. The number of likely N-dealkylation sites (tertiary alicyclic amines) is 1. The fourth-order valence-electron chi connectivity index (χ4n) is 2.40. The number of hydrogen-bond donors (Lipinski definition) is 1. The predicted molar refractivity (Wildman–Crippen MR) is 70.8 cm³/mol. The number of benzene rings is 1. The Balaban J connectivity index is 2.34. The van der Waals surface area contributed by atoms with E-state index in [0.29, 0.717) is 19.4 Å². The van der Waals surface area contributed by atoms with Crippen LogP contribution in [0.25, 0.3) is 0 Å². The fourth-order valence-corrected chi connectivity index (χ4v) is 2.40. The topological polar surface area (TPSA) is 110 Å². The Morgan fingerprint density at radius 2 is 2.19 bits per heavy atom. The highest BCUT2D eigenvalue weighted by atomic mass is 16.6. The van der Waals surface area contributed by atoms with E-state index in [2.05, 4.69) is 4.74 Å². The van der Waals surface area contributed by atoms with Crippen molar-refractivity contribution in [2.24, 2.45) is 0 Å². The van der Waals surface area contributed by atoms with Gasteiger partial charge >= 0.3 is 11.7 Å². The summed E-state index contributed by atoms with van der Waals surface area (Å²) in [4.78, 5) is 35.3. The molecule has 8 nitrogen and oxygen atoms in total. The molecule has 1 aliphatic heterocycles. The van der Waals surface area contributed by atoms with E-state index >= 15 is 0 Å². The lowest BCUT2D eigenvalue weighted by Gasteiger charge is -2.22. The first kappa shape index (κ1) is 14.8. The number of carbonyl (C=O) groups is 2. The van der Waals surface area contributed by atoms with Gasteiger partial charge in [0.1, 0.15) is 6.04 Å². The molecular formula is C13H14N2O6. The fraction of sp³-hybridized carbons (Fsp3) is 0.385. The first-order valence-corrected chi connectivity index (χ1v) is 6.32. The van der Waals surface area contributed by atoms with Crippen LogP contribution in [0.2, 0.25) is 0 Å². The van der Waals surface area contributed by atoms with Crippen LogP contribution in [0.4, 0.5) is 5.69 Å². The molecule has 21 heavy (non-hydrogen) atoms. The predicted octanol–water partition coefficient (Wildman–Crippen LogP) is 1.08. The van der Waals surface area contributed by atoms with Crippen molar-refractivity contribution in [2.45, 2.75) is 18.9 Å². The molecule has 8 heteroatoms. The molecule has 0 aliphatic carbocycles. The summed E-state index contributed by atoms with van der Waals surface area (Å²) < 4.78 is 4.64. The number of carbonyl (C=O) groups excluding carboxylic acids is 2. The maximum absolute atomic E-state index is 12.4. The highest BCUT2D eigenvalue weighted by molar-refractivity contribution is 6.00. The molecule has 1 fully saturated rings. The molecule has 0 spiro atoms. The van der Waals surface area contributed by atoms with Crippen LogP contribution in [0.5, 0.6) is 5.75 Å². The van der Waals surface area contributed by atoms with Crippen molar-refractivity contribution < 1.29 is 24.4 Å². The number of nitro groups is 1. The largest absolute Gasteiger partial charge is 0.502 e. The SMILES string of the molecule is COC(=O)[C@H]1CCCN1C(=O)c1cccc([N+](=O)[O-])c1O. The van der Waals surface area contributed by atoms with Crippen LogP contribution in [0, 0.1) is 10.1 Å². The van der Waals surface area contributed by atoms with Crippen molar-refractivity contribution in [3.63, 3.8) is 0 Å². The molecule has 0 aromatic heterocycles. The molecule has 1 atom stereocenters. The molecule has 1 amide bonds. The van der Waals surface area contributed by atoms with Gasteiger partial charge in [-0.3, -0.25) is 14.9 Å². The first-order chi connectivity index (χ1) is 9.97. The first-order valence-electron chi connectivity index (χ1n) is 6.32. The van der Waals surface area contributed by atoms with Crippen molar-refractivity contribution in [2.75, 3.05) is 13.7 Å². The smallest absolute Gasteiger partial charge is 0.328 e. The van der Waals surface area contributed by atoms with E-state index in [-0.39, 0.29) is 5.56 Å². The average Bonchev–Trinajstić information content (AvgIpc) is 2.95. The minimum atomic E-state index is -0.770. The molecule has 0 unspecified atom stereocenters. The zero-order chi connectivity index (χ0) is 15.6. The number of hydrogen-bond acceptors (Lipinski definition) is 6. The lowest BCUT2D eigenvalue weighted by Crippen LogP contribution is -2.41. The number of nitro benzene ring substituents is 1. The van der Waals surface area contributed by atoms with E-state index in [1.807, 2.05) is 0 Å². The summed E-state index contributed by atoms with van der Waals surface area (Å²) in [5, 5.41) is 20.6. The molecule has 1 saturated heterocycles. The van der Waals surface area contributed by atoms with Gasteiger partial charge in [0.15, 0.2) is 0 Å². The second-order valence-corrected chi connectivity index (χ2v) is 4.61. The van der Waals surface area contributed by atoms with Gasteiger partial charge in [-0.1, -0.05) is 6.07 Å². The molecule has 1 aromatic rings. The second-order valence-electron chi connectivity index (χ2n) is 4.61. The zero-order valence-electron chi connectivity index (χ0n) is 11.3.